The number of benzene rings is 6. The van der Waals surface area contributed by atoms with Crippen LogP contribution in [0.5, 0.6) is 11.5 Å². The number of nitrogens with zero attached hydrogens (tertiary/aromatic N) is 2. The van der Waals surface area contributed by atoms with Crippen LogP contribution in [-0.4, -0.2) is 25.6 Å². The van der Waals surface area contributed by atoms with E-state index in [0.717, 1.165) is 33.6 Å². The van der Waals surface area contributed by atoms with Crippen molar-refractivity contribution in [2.24, 2.45) is 0 Å². The highest BCUT2D eigenvalue weighted by molar-refractivity contribution is 5.83. The number of ether oxygens (including phenoxy) is 2. The summed E-state index contributed by atoms with van der Waals surface area (Å²) in [6.45, 7) is 1.06. The summed E-state index contributed by atoms with van der Waals surface area (Å²) in [7, 11) is 0. The van der Waals surface area contributed by atoms with Crippen molar-refractivity contribution in [3.05, 3.63) is 157 Å². The van der Waals surface area contributed by atoms with Gasteiger partial charge in [0.15, 0.2) is 13.2 Å². The quantitative estimate of drug-likeness (QED) is 0.125. The fourth-order valence-electron chi connectivity index (χ4n) is 5.70. The van der Waals surface area contributed by atoms with Crippen LogP contribution in [0, 0.1) is 13.8 Å². The van der Waals surface area contributed by atoms with Crippen LogP contribution in [0.15, 0.2) is 146 Å². The molecule has 0 heterocycles. The largest absolute Gasteiger partial charge is 0.482 e. The highest BCUT2D eigenvalue weighted by atomic mass is 19.4. The second-order valence-corrected chi connectivity index (χ2v) is 12.2. The second-order valence-electron chi connectivity index (χ2n) is 12.2. The predicted octanol–water partition coefficient (Wildman–Crippen LogP) is 12.8. The molecule has 0 aliphatic heterocycles. The fourth-order valence-corrected chi connectivity index (χ4v) is 5.70. The van der Waals surface area contributed by atoms with Gasteiger partial charge >= 0.3 is 12.4 Å². The van der Waals surface area contributed by atoms with Gasteiger partial charge in [-0.05, 0) is 97.8 Å². The molecule has 4 nitrogen and oxygen atoms in total. The lowest BCUT2D eigenvalue weighted by Crippen LogP contribution is -2.20. The van der Waals surface area contributed by atoms with Gasteiger partial charge in [-0.2, -0.15) is 26.3 Å². The van der Waals surface area contributed by atoms with Gasteiger partial charge in [0.05, 0.1) is 11.4 Å². The minimum Gasteiger partial charge on any atom is -0.482 e. The molecule has 0 N–H and O–H groups in total. The molecule has 6 aromatic carbocycles. The van der Waals surface area contributed by atoms with Gasteiger partial charge < -0.3 is 19.3 Å². The van der Waals surface area contributed by atoms with Crippen molar-refractivity contribution < 1.29 is 35.8 Å². The van der Waals surface area contributed by atoms with Crippen molar-refractivity contribution in [1.82, 2.24) is 0 Å². The molecule has 0 spiro atoms. The molecular formula is C42H34F6N2O2. The van der Waals surface area contributed by atoms with Gasteiger partial charge in [-0.25, -0.2) is 0 Å². The zero-order chi connectivity index (χ0) is 36.9. The van der Waals surface area contributed by atoms with E-state index < -0.39 is 25.6 Å². The van der Waals surface area contributed by atoms with Crippen LogP contribution >= 0.6 is 0 Å². The number of rotatable bonds is 11. The standard InChI is InChI=1S/C42H34F6N2O2/c1-29-11-19-33(20-12-29)49(37-7-3-5-9-39(37)51-27-41(43,44)45)35-23-15-31(16-24-35)32-17-25-36(26-18-32)50(34-21-13-30(2)14-22-34)38-8-4-6-10-40(38)52-28-42(46,47)48/h3-26H,27-28H2,1-2H3. The average molecular weight is 713 g/mol. The predicted molar refractivity (Wildman–Crippen MR) is 194 cm³/mol. The highest BCUT2D eigenvalue weighted by Gasteiger charge is 2.30. The highest BCUT2D eigenvalue weighted by Crippen LogP contribution is 2.43. The van der Waals surface area contributed by atoms with Crippen molar-refractivity contribution in [2.45, 2.75) is 26.2 Å². The van der Waals surface area contributed by atoms with Crippen LogP contribution in [0.2, 0.25) is 0 Å². The summed E-state index contributed by atoms with van der Waals surface area (Å²) in [5.74, 6) is 0.173. The van der Waals surface area contributed by atoms with Crippen LogP contribution in [0.25, 0.3) is 11.1 Å². The molecular weight excluding hydrogens is 678 g/mol. The number of halogens is 6. The fraction of sp³-hybridized carbons (Fsp3) is 0.143. The van der Waals surface area contributed by atoms with Gasteiger partial charge in [0, 0.05) is 22.7 Å². The van der Waals surface area contributed by atoms with Gasteiger partial charge in [-0.1, -0.05) is 83.9 Å². The number of para-hydroxylation sites is 4. The van der Waals surface area contributed by atoms with E-state index in [2.05, 4.69) is 0 Å². The summed E-state index contributed by atoms with van der Waals surface area (Å²) in [4.78, 5) is 3.69. The molecule has 10 heteroatoms. The zero-order valence-electron chi connectivity index (χ0n) is 28.2. The number of hydrogen-bond donors (Lipinski definition) is 0. The first-order valence-corrected chi connectivity index (χ1v) is 16.4. The van der Waals surface area contributed by atoms with E-state index in [0.29, 0.717) is 22.7 Å². The Morgan fingerprint density at radius 3 is 1.00 bits per heavy atom. The van der Waals surface area contributed by atoms with Crippen LogP contribution < -0.4 is 19.3 Å². The molecule has 0 amide bonds. The van der Waals surface area contributed by atoms with E-state index in [1.54, 1.807) is 36.4 Å². The Bertz CT molecular complexity index is 1930. The molecule has 0 aliphatic rings. The van der Waals surface area contributed by atoms with E-state index in [4.69, 9.17) is 9.47 Å². The lowest BCUT2D eigenvalue weighted by molar-refractivity contribution is -0.154. The third-order valence-electron chi connectivity index (χ3n) is 8.16. The number of alkyl halides is 6. The first-order chi connectivity index (χ1) is 24.8. The van der Waals surface area contributed by atoms with Gasteiger partial charge in [-0.15, -0.1) is 0 Å². The molecule has 6 aromatic rings. The second kappa shape index (κ2) is 15.1. The van der Waals surface area contributed by atoms with E-state index in [1.807, 2.05) is 121 Å². The Balaban J connectivity index is 1.33. The van der Waals surface area contributed by atoms with Gasteiger partial charge in [-0.3, -0.25) is 0 Å². The van der Waals surface area contributed by atoms with Crippen molar-refractivity contribution in [3.63, 3.8) is 0 Å². The van der Waals surface area contributed by atoms with E-state index >= 15 is 0 Å². The van der Waals surface area contributed by atoms with Gasteiger partial charge in [0.25, 0.3) is 0 Å². The molecule has 266 valence electrons. The third kappa shape index (κ3) is 8.87. The smallest absolute Gasteiger partial charge is 0.422 e. The monoisotopic (exact) mass is 712 g/mol. The lowest BCUT2D eigenvalue weighted by atomic mass is 10.0. The molecule has 6 rings (SSSR count). The number of hydrogen-bond acceptors (Lipinski definition) is 4. The molecule has 0 fully saturated rings. The summed E-state index contributed by atoms with van der Waals surface area (Å²) in [6, 6.07) is 43.7. The van der Waals surface area contributed by atoms with Crippen LogP contribution in [0.3, 0.4) is 0 Å². The SMILES string of the molecule is Cc1ccc(N(c2ccc(-c3ccc(N(c4ccc(C)cc4)c4ccccc4OCC(F)(F)F)cc3)cc2)c2ccccc2OCC(F)(F)F)cc1. The average Bonchev–Trinajstić information content (AvgIpc) is 3.12. The van der Waals surface area contributed by atoms with Crippen molar-refractivity contribution in [2.75, 3.05) is 23.0 Å². The van der Waals surface area contributed by atoms with Crippen molar-refractivity contribution >= 4 is 34.1 Å². The molecule has 0 saturated carbocycles. The molecule has 0 saturated heterocycles. The Morgan fingerprint density at radius 1 is 0.404 bits per heavy atom. The molecule has 0 bridgehead atoms. The first-order valence-electron chi connectivity index (χ1n) is 16.4. The Hall–Kier alpha value is -5.90. The maximum Gasteiger partial charge on any atom is 0.422 e. The zero-order valence-corrected chi connectivity index (χ0v) is 28.2. The van der Waals surface area contributed by atoms with E-state index in [-0.39, 0.29) is 11.5 Å². The molecule has 0 aromatic heterocycles. The summed E-state index contributed by atoms with van der Waals surface area (Å²) in [6.07, 6.45) is -9.00. The minimum atomic E-state index is -4.50. The summed E-state index contributed by atoms with van der Waals surface area (Å²) in [5.41, 5.74) is 7.58. The summed E-state index contributed by atoms with van der Waals surface area (Å²) < 4.78 is 89.3. The van der Waals surface area contributed by atoms with Gasteiger partial charge in [0.1, 0.15) is 11.5 Å². The van der Waals surface area contributed by atoms with E-state index in [9.17, 15) is 26.3 Å². The van der Waals surface area contributed by atoms with Crippen molar-refractivity contribution in [3.8, 4) is 22.6 Å². The molecule has 0 atom stereocenters. The van der Waals surface area contributed by atoms with Crippen molar-refractivity contribution in [1.29, 1.82) is 0 Å². The van der Waals surface area contributed by atoms with Crippen LogP contribution in [0.1, 0.15) is 11.1 Å². The summed E-state index contributed by atoms with van der Waals surface area (Å²) >= 11 is 0. The maximum atomic E-state index is 13.1. The Morgan fingerprint density at radius 2 is 0.692 bits per heavy atom. The van der Waals surface area contributed by atoms with E-state index in [1.165, 1.54) is 12.1 Å². The van der Waals surface area contributed by atoms with Gasteiger partial charge in [0.2, 0.25) is 0 Å². The molecule has 52 heavy (non-hydrogen) atoms. The molecule has 0 unspecified atom stereocenters. The molecule has 0 aliphatic carbocycles. The maximum absolute atomic E-state index is 13.1. The minimum absolute atomic E-state index is 0.0866. The Labute approximate surface area is 298 Å². The normalized spacial score (nSPS) is 11.6. The third-order valence-corrected chi connectivity index (χ3v) is 8.16. The number of anilines is 6. The van der Waals surface area contributed by atoms with Crippen LogP contribution in [0.4, 0.5) is 60.5 Å². The lowest BCUT2D eigenvalue weighted by Gasteiger charge is -2.28. The van der Waals surface area contributed by atoms with Crippen LogP contribution in [-0.2, 0) is 0 Å². The Kier molecular flexibility index (Phi) is 10.5. The molecule has 0 radical (unpaired) electrons. The first kappa shape index (κ1) is 35.9. The topological polar surface area (TPSA) is 24.9 Å². The summed E-state index contributed by atoms with van der Waals surface area (Å²) in [5, 5.41) is 0. The number of aryl methyl sites for hydroxylation is 2.